The highest BCUT2D eigenvalue weighted by Gasteiger charge is 2.54. The van der Waals surface area contributed by atoms with Gasteiger partial charge in [0.1, 0.15) is 5.78 Å². The Morgan fingerprint density at radius 2 is 1.81 bits per heavy atom. The Kier molecular flexibility index (Phi) is 3.94. The topological polar surface area (TPSA) is 17.1 Å². The van der Waals surface area contributed by atoms with Crippen molar-refractivity contribution in [2.75, 3.05) is 0 Å². The number of carbonyl (C=O) groups is 1. The Morgan fingerprint density at radius 3 is 2.62 bits per heavy atom. The summed E-state index contributed by atoms with van der Waals surface area (Å²) in [5, 5.41) is 0. The molecule has 2 fully saturated rings. The van der Waals surface area contributed by atoms with E-state index < -0.39 is 0 Å². The lowest BCUT2D eigenvalue weighted by Gasteiger charge is -2.48. The molecule has 21 heavy (non-hydrogen) atoms. The summed E-state index contributed by atoms with van der Waals surface area (Å²) in [6.07, 6.45) is 6.85. The van der Waals surface area contributed by atoms with Gasteiger partial charge in [-0.1, -0.05) is 45.0 Å². The van der Waals surface area contributed by atoms with Crippen molar-refractivity contribution in [2.45, 2.75) is 65.2 Å². The van der Waals surface area contributed by atoms with Gasteiger partial charge in [-0.25, -0.2) is 0 Å². The predicted octanol–water partition coefficient (Wildman–Crippen LogP) is 5.14. The van der Waals surface area contributed by atoms with E-state index in [1.807, 2.05) is 13.8 Å². The van der Waals surface area contributed by atoms with E-state index in [1.165, 1.54) is 19.3 Å². The van der Waals surface area contributed by atoms with Gasteiger partial charge in [-0.15, -0.1) is 0 Å². The van der Waals surface area contributed by atoms with Crippen LogP contribution in [-0.2, 0) is 11.2 Å². The molecular weight excluding hydrogens is 256 g/mol. The SMILES string of the molecule is CC.C[C@]12CCC3c4ccccc4CCC3C1CCC2=O. The van der Waals surface area contributed by atoms with Crippen molar-refractivity contribution < 1.29 is 4.79 Å². The molecule has 0 N–H and O–H groups in total. The molecule has 4 rings (SSSR count). The van der Waals surface area contributed by atoms with Crippen molar-refractivity contribution in [1.29, 1.82) is 0 Å². The molecular formula is C20H28O. The number of Topliss-reactive ketones (excluding diaryl/α,β-unsaturated/α-hetero) is 1. The Labute approximate surface area is 129 Å². The number of carbonyl (C=O) groups excluding carboxylic acids is 1. The summed E-state index contributed by atoms with van der Waals surface area (Å²) in [7, 11) is 0. The van der Waals surface area contributed by atoms with E-state index in [1.54, 1.807) is 11.1 Å². The predicted molar refractivity (Wildman–Crippen MR) is 87.4 cm³/mol. The van der Waals surface area contributed by atoms with Crippen LogP contribution >= 0.6 is 0 Å². The van der Waals surface area contributed by atoms with Crippen molar-refractivity contribution in [1.82, 2.24) is 0 Å². The molecule has 0 aromatic heterocycles. The third-order valence-corrected chi connectivity index (χ3v) is 6.35. The first-order valence-electron chi connectivity index (χ1n) is 8.81. The third kappa shape index (κ3) is 2.17. The molecule has 0 radical (unpaired) electrons. The lowest BCUT2D eigenvalue weighted by Crippen LogP contribution is -2.42. The summed E-state index contributed by atoms with van der Waals surface area (Å²) in [5.74, 6) is 2.70. The van der Waals surface area contributed by atoms with Crippen molar-refractivity contribution in [3.8, 4) is 0 Å². The van der Waals surface area contributed by atoms with Gasteiger partial charge in [-0.3, -0.25) is 4.79 Å². The van der Waals surface area contributed by atoms with Gasteiger partial charge in [-0.2, -0.15) is 0 Å². The number of hydrogen-bond donors (Lipinski definition) is 0. The molecule has 1 aromatic carbocycles. The van der Waals surface area contributed by atoms with Crippen molar-refractivity contribution in [3.05, 3.63) is 35.4 Å². The van der Waals surface area contributed by atoms with Gasteiger partial charge in [-0.05, 0) is 61.0 Å². The van der Waals surface area contributed by atoms with E-state index in [2.05, 4.69) is 31.2 Å². The van der Waals surface area contributed by atoms with E-state index in [-0.39, 0.29) is 5.41 Å². The molecule has 1 heteroatoms. The maximum Gasteiger partial charge on any atom is 0.139 e. The fraction of sp³-hybridized carbons (Fsp3) is 0.650. The Morgan fingerprint density at radius 1 is 1.05 bits per heavy atom. The van der Waals surface area contributed by atoms with Gasteiger partial charge >= 0.3 is 0 Å². The van der Waals surface area contributed by atoms with Gasteiger partial charge in [0.05, 0.1) is 0 Å². The maximum atomic E-state index is 12.3. The van der Waals surface area contributed by atoms with Crippen LogP contribution in [0.1, 0.15) is 69.9 Å². The first-order chi connectivity index (χ1) is 10.2. The van der Waals surface area contributed by atoms with Crippen LogP contribution in [0.5, 0.6) is 0 Å². The lowest BCUT2D eigenvalue weighted by atomic mass is 9.55. The van der Waals surface area contributed by atoms with E-state index >= 15 is 0 Å². The molecule has 0 amide bonds. The van der Waals surface area contributed by atoms with E-state index in [0.29, 0.717) is 11.7 Å². The molecule has 3 unspecified atom stereocenters. The average Bonchev–Trinajstić information content (AvgIpc) is 2.85. The molecule has 3 aliphatic rings. The van der Waals surface area contributed by atoms with Crippen molar-refractivity contribution in [2.24, 2.45) is 17.3 Å². The Hall–Kier alpha value is -1.11. The zero-order valence-electron chi connectivity index (χ0n) is 13.7. The minimum atomic E-state index is 0.0213. The molecule has 0 saturated heterocycles. The van der Waals surface area contributed by atoms with Gasteiger partial charge in [0.25, 0.3) is 0 Å². The summed E-state index contributed by atoms with van der Waals surface area (Å²) >= 11 is 0. The first kappa shape index (κ1) is 14.8. The van der Waals surface area contributed by atoms with Crippen LogP contribution in [0, 0.1) is 17.3 Å². The molecule has 0 spiro atoms. The summed E-state index contributed by atoms with van der Waals surface area (Å²) in [5.41, 5.74) is 3.19. The number of rotatable bonds is 0. The third-order valence-electron chi connectivity index (χ3n) is 6.35. The monoisotopic (exact) mass is 284 g/mol. The molecule has 1 nitrogen and oxygen atoms in total. The van der Waals surface area contributed by atoms with E-state index in [4.69, 9.17) is 0 Å². The van der Waals surface area contributed by atoms with Crippen LogP contribution in [0.4, 0.5) is 0 Å². The summed E-state index contributed by atoms with van der Waals surface area (Å²) in [6, 6.07) is 9.00. The number of hydrogen-bond acceptors (Lipinski definition) is 1. The highest BCUT2D eigenvalue weighted by molar-refractivity contribution is 5.87. The fourth-order valence-electron chi connectivity index (χ4n) is 5.29. The minimum absolute atomic E-state index is 0.0213. The van der Waals surface area contributed by atoms with Gasteiger partial charge in [0.2, 0.25) is 0 Å². The quantitative estimate of drug-likeness (QED) is 0.645. The standard InChI is InChI=1S/C18H22O.C2H6/c1-18-11-10-14-13-5-3-2-4-12(13)6-7-15(14)16(18)8-9-17(18)19;1-2/h2-5,14-16H,6-11H2,1H3;1-2H3/t14?,15?,16?,18-;/m0./s1. The van der Waals surface area contributed by atoms with Gasteiger partial charge in [0, 0.05) is 11.8 Å². The summed E-state index contributed by atoms with van der Waals surface area (Å²) in [4.78, 5) is 12.3. The van der Waals surface area contributed by atoms with Crippen molar-refractivity contribution >= 4 is 5.78 Å². The molecule has 2 saturated carbocycles. The normalized spacial score (nSPS) is 36.9. The van der Waals surface area contributed by atoms with Crippen LogP contribution in [-0.4, -0.2) is 5.78 Å². The second-order valence-corrected chi connectivity index (χ2v) is 7.03. The number of ketones is 1. The number of fused-ring (bicyclic) bond motifs is 5. The number of benzene rings is 1. The van der Waals surface area contributed by atoms with Crippen LogP contribution in [0.2, 0.25) is 0 Å². The smallest absolute Gasteiger partial charge is 0.139 e. The van der Waals surface area contributed by atoms with E-state index in [9.17, 15) is 4.79 Å². The number of aryl methyl sites for hydroxylation is 1. The molecule has 4 atom stereocenters. The van der Waals surface area contributed by atoms with Gasteiger partial charge < -0.3 is 0 Å². The van der Waals surface area contributed by atoms with Crippen molar-refractivity contribution in [3.63, 3.8) is 0 Å². The molecule has 0 bridgehead atoms. The molecule has 3 aliphatic carbocycles. The highest BCUT2D eigenvalue weighted by atomic mass is 16.1. The van der Waals surface area contributed by atoms with Crippen LogP contribution < -0.4 is 0 Å². The largest absolute Gasteiger partial charge is 0.299 e. The lowest BCUT2D eigenvalue weighted by molar-refractivity contribution is -0.129. The maximum absolute atomic E-state index is 12.3. The molecule has 0 aliphatic heterocycles. The zero-order chi connectivity index (χ0) is 15.0. The zero-order valence-corrected chi connectivity index (χ0v) is 13.7. The molecule has 0 heterocycles. The Balaban J connectivity index is 0.000000636. The summed E-state index contributed by atoms with van der Waals surface area (Å²) < 4.78 is 0. The fourth-order valence-corrected chi connectivity index (χ4v) is 5.29. The van der Waals surface area contributed by atoms with Gasteiger partial charge in [0.15, 0.2) is 0 Å². The highest BCUT2D eigenvalue weighted by Crippen LogP contribution is 2.59. The van der Waals surface area contributed by atoms with E-state index in [0.717, 1.165) is 31.1 Å². The van der Waals surface area contributed by atoms with Crippen LogP contribution in [0.3, 0.4) is 0 Å². The molecule has 1 aromatic rings. The second kappa shape index (κ2) is 5.59. The van der Waals surface area contributed by atoms with Crippen LogP contribution in [0.15, 0.2) is 24.3 Å². The molecule has 114 valence electrons. The summed E-state index contributed by atoms with van der Waals surface area (Å²) in [6.45, 7) is 6.25. The van der Waals surface area contributed by atoms with Crippen LogP contribution in [0.25, 0.3) is 0 Å². The average molecular weight is 284 g/mol. The first-order valence-corrected chi connectivity index (χ1v) is 8.81. The Bertz CT molecular complexity index is 532. The minimum Gasteiger partial charge on any atom is -0.299 e. The second-order valence-electron chi connectivity index (χ2n) is 7.03.